The molecule has 0 aliphatic heterocycles. The lowest BCUT2D eigenvalue weighted by atomic mass is 9.98. The predicted molar refractivity (Wildman–Crippen MR) is 63.4 cm³/mol. The molecule has 0 aliphatic carbocycles. The number of carbonyl (C=O) groups excluding carboxylic acids is 1. The summed E-state index contributed by atoms with van der Waals surface area (Å²) in [6.45, 7) is 1.85. The Labute approximate surface area is 103 Å². The summed E-state index contributed by atoms with van der Waals surface area (Å²) >= 11 is 0. The average Bonchev–Trinajstić information content (AvgIpc) is 2.38. The van der Waals surface area contributed by atoms with Crippen molar-refractivity contribution in [3.63, 3.8) is 0 Å². The van der Waals surface area contributed by atoms with Crippen molar-refractivity contribution < 1.29 is 13.6 Å². The molecule has 2 aromatic rings. The smallest absolute Gasteiger partial charge is 0.199 e. The van der Waals surface area contributed by atoms with Gasteiger partial charge in [-0.2, -0.15) is 0 Å². The second-order valence-electron chi connectivity index (χ2n) is 3.81. The van der Waals surface area contributed by atoms with Crippen molar-refractivity contribution in [3.8, 4) is 0 Å². The van der Waals surface area contributed by atoms with E-state index in [0.29, 0.717) is 12.0 Å². The van der Waals surface area contributed by atoms with Crippen LogP contribution < -0.4 is 0 Å². The molecule has 1 aromatic carbocycles. The van der Waals surface area contributed by atoms with Crippen molar-refractivity contribution in [2.24, 2.45) is 0 Å². The number of ketones is 1. The van der Waals surface area contributed by atoms with Gasteiger partial charge in [-0.25, -0.2) is 8.78 Å². The maximum absolute atomic E-state index is 13.5. The standard InChI is InChI=1S/C14H11F2NO/c1-2-9-8-17-7-6-10(9)14(18)13-11(15)4-3-5-12(13)16/h3-8H,2H2,1H3. The molecule has 0 N–H and O–H groups in total. The van der Waals surface area contributed by atoms with Crippen molar-refractivity contribution in [1.82, 2.24) is 4.98 Å². The van der Waals surface area contributed by atoms with Crippen LogP contribution in [0.1, 0.15) is 28.4 Å². The summed E-state index contributed by atoms with van der Waals surface area (Å²) in [5.74, 6) is -2.34. The van der Waals surface area contributed by atoms with Crippen molar-refractivity contribution in [2.45, 2.75) is 13.3 Å². The fourth-order valence-corrected chi connectivity index (χ4v) is 1.78. The predicted octanol–water partition coefficient (Wildman–Crippen LogP) is 3.15. The van der Waals surface area contributed by atoms with Crippen molar-refractivity contribution in [2.75, 3.05) is 0 Å². The monoisotopic (exact) mass is 247 g/mol. The Kier molecular flexibility index (Phi) is 3.46. The molecule has 0 saturated carbocycles. The highest BCUT2D eigenvalue weighted by atomic mass is 19.1. The number of hydrogen-bond acceptors (Lipinski definition) is 2. The number of hydrogen-bond donors (Lipinski definition) is 0. The first kappa shape index (κ1) is 12.4. The highest BCUT2D eigenvalue weighted by Gasteiger charge is 2.20. The van der Waals surface area contributed by atoms with E-state index in [0.717, 1.165) is 12.1 Å². The minimum Gasteiger partial charge on any atom is -0.288 e. The molecule has 2 rings (SSSR count). The van der Waals surface area contributed by atoms with Gasteiger partial charge in [0.2, 0.25) is 0 Å². The zero-order chi connectivity index (χ0) is 13.1. The minimum atomic E-state index is -0.848. The van der Waals surface area contributed by atoms with Gasteiger partial charge in [-0.1, -0.05) is 13.0 Å². The summed E-state index contributed by atoms with van der Waals surface area (Å²) in [5, 5.41) is 0. The van der Waals surface area contributed by atoms with Crippen molar-refractivity contribution in [1.29, 1.82) is 0 Å². The molecule has 0 unspecified atom stereocenters. The van der Waals surface area contributed by atoms with E-state index >= 15 is 0 Å². The molecular formula is C14H11F2NO. The van der Waals surface area contributed by atoms with Gasteiger partial charge in [0.25, 0.3) is 0 Å². The number of pyridine rings is 1. The van der Waals surface area contributed by atoms with Gasteiger partial charge < -0.3 is 0 Å². The van der Waals surface area contributed by atoms with Crippen LogP contribution in [0.2, 0.25) is 0 Å². The fourth-order valence-electron chi connectivity index (χ4n) is 1.78. The highest BCUT2D eigenvalue weighted by Crippen LogP contribution is 2.19. The fraction of sp³-hybridized carbons (Fsp3) is 0.143. The Hall–Kier alpha value is -2.10. The Balaban J connectivity index is 2.55. The van der Waals surface area contributed by atoms with E-state index < -0.39 is 23.0 Å². The number of benzene rings is 1. The lowest BCUT2D eigenvalue weighted by Crippen LogP contribution is -2.10. The lowest BCUT2D eigenvalue weighted by molar-refractivity contribution is 0.103. The van der Waals surface area contributed by atoms with Crippen LogP contribution >= 0.6 is 0 Å². The van der Waals surface area contributed by atoms with E-state index in [1.807, 2.05) is 6.92 Å². The second-order valence-corrected chi connectivity index (χ2v) is 3.81. The first-order valence-corrected chi connectivity index (χ1v) is 5.56. The van der Waals surface area contributed by atoms with Crippen LogP contribution in [0.4, 0.5) is 8.78 Å². The first-order chi connectivity index (χ1) is 8.65. The van der Waals surface area contributed by atoms with Gasteiger partial charge in [-0.15, -0.1) is 0 Å². The van der Waals surface area contributed by atoms with Crippen molar-refractivity contribution >= 4 is 5.78 Å². The van der Waals surface area contributed by atoms with Crippen LogP contribution in [-0.2, 0) is 6.42 Å². The van der Waals surface area contributed by atoms with E-state index in [4.69, 9.17) is 0 Å². The average molecular weight is 247 g/mol. The van der Waals surface area contributed by atoms with Gasteiger partial charge in [0.15, 0.2) is 5.78 Å². The zero-order valence-electron chi connectivity index (χ0n) is 9.78. The molecular weight excluding hydrogens is 236 g/mol. The second kappa shape index (κ2) is 5.04. The molecule has 0 spiro atoms. The summed E-state index contributed by atoms with van der Waals surface area (Å²) in [7, 11) is 0. The van der Waals surface area contributed by atoms with Crippen LogP contribution in [0, 0.1) is 11.6 Å². The number of nitrogens with zero attached hydrogens (tertiary/aromatic N) is 1. The van der Waals surface area contributed by atoms with Crippen LogP contribution in [0.15, 0.2) is 36.7 Å². The SMILES string of the molecule is CCc1cnccc1C(=O)c1c(F)cccc1F. The molecule has 0 saturated heterocycles. The normalized spacial score (nSPS) is 10.4. The molecule has 0 radical (unpaired) electrons. The molecule has 0 bridgehead atoms. The van der Waals surface area contributed by atoms with E-state index in [1.54, 1.807) is 0 Å². The third kappa shape index (κ3) is 2.14. The van der Waals surface area contributed by atoms with E-state index in [9.17, 15) is 13.6 Å². The minimum absolute atomic E-state index is 0.288. The van der Waals surface area contributed by atoms with Gasteiger partial charge in [0, 0.05) is 18.0 Å². The Morgan fingerprint density at radius 3 is 2.50 bits per heavy atom. The number of aromatic nitrogens is 1. The number of carbonyl (C=O) groups is 1. The van der Waals surface area contributed by atoms with Gasteiger partial charge in [0.1, 0.15) is 11.6 Å². The maximum Gasteiger partial charge on any atom is 0.199 e. The maximum atomic E-state index is 13.5. The Morgan fingerprint density at radius 1 is 1.22 bits per heavy atom. The van der Waals surface area contributed by atoms with Gasteiger partial charge in [-0.3, -0.25) is 9.78 Å². The highest BCUT2D eigenvalue weighted by molar-refractivity contribution is 6.10. The molecule has 18 heavy (non-hydrogen) atoms. The number of rotatable bonds is 3. The van der Waals surface area contributed by atoms with Gasteiger partial charge in [-0.05, 0) is 30.2 Å². The summed E-state index contributed by atoms with van der Waals surface area (Å²) in [4.78, 5) is 16.1. The quantitative estimate of drug-likeness (QED) is 0.780. The van der Waals surface area contributed by atoms with E-state index in [1.165, 1.54) is 24.5 Å². The van der Waals surface area contributed by atoms with Crippen LogP contribution in [-0.4, -0.2) is 10.8 Å². The molecule has 1 heterocycles. The lowest BCUT2D eigenvalue weighted by Gasteiger charge is -2.07. The molecule has 0 atom stereocenters. The topological polar surface area (TPSA) is 30.0 Å². The molecule has 2 nitrogen and oxygen atoms in total. The third-order valence-corrected chi connectivity index (χ3v) is 2.72. The Bertz CT molecular complexity index is 576. The Morgan fingerprint density at radius 2 is 1.89 bits per heavy atom. The molecule has 92 valence electrons. The van der Waals surface area contributed by atoms with Gasteiger partial charge >= 0.3 is 0 Å². The molecule has 0 aliphatic rings. The van der Waals surface area contributed by atoms with Crippen LogP contribution in [0.25, 0.3) is 0 Å². The summed E-state index contributed by atoms with van der Waals surface area (Å²) in [6.07, 6.45) is 3.54. The van der Waals surface area contributed by atoms with Crippen LogP contribution in [0.5, 0.6) is 0 Å². The molecule has 0 amide bonds. The van der Waals surface area contributed by atoms with E-state index in [2.05, 4.69) is 4.98 Å². The van der Waals surface area contributed by atoms with Gasteiger partial charge in [0.05, 0.1) is 5.56 Å². The third-order valence-electron chi connectivity index (χ3n) is 2.72. The first-order valence-electron chi connectivity index (χ1n) is 5.56. The summed E-state index contributed by atoms with van der Waals surface area (Å²) < 4.78 is 27.1. The number of halogens is 2. The largest absolute Gasteiger partial charge is 0.288 e. The number of aryl methyl sites for hydroxylation is 1. The zero-order valence-corrected chi connectivity index (χ0v) is 9.78. The van der Waals surface area contributed by atoms with Crippen LogP contribution in [0.3, 0.4) is 0 Å². The summed E-state index contributed by atoms with van der Waals surface area (Å²) in [5.41, 5.74) is 0.444. The van der Waals surface area contributed by atoms with Crippen molar-refractivity contribution in [3.05, 3.63) is 65.0 Å². The summed E-state index contributed by atoms with van der Waals surface area (Å²) in [6, 6.07) is 4.86. The molecule has 0 fully saturated rings. The molecule has 4 heteroatoms. The van der Waals surface area contributed by atoms with E-state index in [-0.39, 0.29) is 5.56 Å². The molecule has 1 aromatic heterocycles.